The fourth-order valence-electron chi connectivity index (χ4n) is 5.39. The second-order valence-electron chi connectivity index (χ2n) is 7.38. The average molecular weight is 301 g/mol. The summed E-state index contributed by atoms with van der Waals surface area (Å²) in [5, 5.41) is 0. The van der Waals surface area contributed by atoms with E-state index >= 15 is 0 Å². The van der Waals surface area contributed by atoms with Gasteiger partial charge in [-0.25, -0.2) is 0 Å². The van der Waals surface area contributed by atoms with Gasteiger partial charge < -0.3 is 14.4 Å². The van der Waals surface area contributed by atoms with Crippen molar-refractivity contribution in [3.63, 3.8) is 0 Å². The van der Waals surface area contributed by atoms with Crippen molar-refractivity contribution in [3.8, 4) is 5.75 Å². The predicted molar refractivity (Wildman–Crippen MR) is 87.3 cm³/mol. The molecule has 0 unspecified atom stereocenters. The van der Waals surface area contributed by atoms with Crippen LogP contribution in [0.2, 0.25) is 0 Å². The summed E-state index contributed by atoms with van der Waals surface area (Å²) in [7, 11) is 4.00. The zero-order valence-electron chi connectivity index (χ0n) is 13.8. The number of fused-ring (bicyclic) bond motifs is 1. The van der Waals surface area contributed by atoms with Gasteiger partial charge in [0.15, 0.2) is 6.79 Å². The third-order valence-electron chi connectivity index (χ3n) is 6.43. The molecule has 2 bridgehead atoms. The number of rotatable bonds is 3. The quantitative estimate of drug-likeness (QED) is 0.799. The van der Waals surface area contributed by atoms with Crippen LogP contribution in [0.25, 0.3) is 0 Å². The second-order valence-corrected chi connectivity index (χ2v) is 7.38. The average Bonchev–Trinajstić information content (AvgIpc) is 2.56. The highest BCUT2D eigenvalue weighted by Gasteiger charge is 2.53. The van der Waals surface area contributed by atoms with E-state index in [-0.39, 0.29) is 0 Å². The Balaban J connectivity index is 1.77. The van der Waals surface area contributed by atoms with E-state index in [1.54, 1.807) is 18.2 Å². The number of ether oxygens (including phenoxy) is 2. The van der Waals surface area contributed by atoms with E-state index in [0.29, 0.717) is 12.2 Å². The summed E-state index contributed by atoms with van der Waals surface area (Å²) in [5.41, 5.74) is 3.56. The second kappa shape index (κ2) is 5.54. The van der Waals surface area contributed by atoms with E-state index in [1.165, 1.54) is 45.1 Å². The predicted octanol–water partition coefficient (Wildman–Crippen LogP) is 3.36. The fraction of sp³-hybridized carbons (Fsp3) is 0.684. The Kier molecular flexibility index (Phi) is 3.66. The molecular formula is C19H27NO2. The Morgan fingerprint density at radius 1 is 1.27 bits per heavy atom. The Morgan fingerprint density at radius 3 is 3.05 bits per heavy atom. The van der Waals surface area contributed by atoms with Gasteiger partial charge in [0.25, 0.3) is 0 Å². The number of hydrogen-bond acceptors (Lipinski definition) is 3. The van der Waals surface area contributed by atoms with E-state index in [4.69, 9.17) is 9.47 Å². The SMILES string of the molecule is COCOc1ccc2c(c1)[C@@]13CCCC[C@H]1[C@@H](C2)N(C)CC3. The summed E-state index contributed by atoms with van der Waals surface area (Å²) in [6.45, 7) is 1.57. The van der Waals surface area contributed by atoms with Crippen molar-refractivity contribution in [2.75, 3.05) is 27.5 Å². The maximum Gasteiger partial charge on any atom is 0.188 e. The van der Waals surface area contributed by atoms with Gasteiger partial charge in [-0.05, 0) is 68.5 Å². The maximum atomic E-state index is 5.72. The van der Waals surface area contributed by atoms with Crippen molar-refractivity contribution in [3.05, 3.63) is 29.3 Å². The molecule has 3 heteroatoms. The smallest absolute Gasteiger partial charge is 0.188 e. The fourth-order valence-corrected chi connectivity index (χ4v) is 5.39. The van der Waals surface area contributed by atoms with Crippen LogP contribution >= 0.6 is 0 Å². The van der Waals surface area contributed by atoms with Crippen LogP contribution < -0.4 is 4.74 Å². The molecule has 1 saturated carbocycles. The molecule has 120 valence electrons. The van der Waals surface area contributed by atoms with Crippen molar-refractivity contribution in [2.45, 2.75) is 50.0 Å². The first-order chi connectivity index (χ1) is 10.7. The van der Waals surface area contributed by atoms with Gasteiger partial charge >= 0.3 is 0 Å². The van der Waals surface area contributed by atoms with E-state index in [2.05, 4.69) is 30.1 Å². The molecule has 1 saturated heterocycles. The minimum absolute atomic E-state index is 0.334. The Bertz CT molecular complexity index is 558. The van der Waals surface area contributed by atoms with Gasteiger partial charge in [-0.15, -0.1) is 0 Å². The molecule has 0 N–H and O–H groups in total. The molecule has 3 aliphatic rings. The zero-order chi connectivity index (χ0) is 15.2. The Labute approximate surface area is 133 Å². The molecule has 1 aliphatic heterocycles. The number of likely N-dealkylation sites (tertiary alicyclic amines) is 1. The molecular weight excluding hydrogens is 274 g/mol. The van der Waals surface area contributed by atoms with Gasteiger partial charge in [-0.3, -0.25) is 0 Å². The lowest BCUT2D eigenvalue weighted by molar-refractivity contribution is 0.00230. The normalized spacial score (nSPS) is 33.9. The van der Waals surface area contributed by atoms with Crippen LogP contribution in [0.5, 0.6) is 5.75 Å². The standard InChI is InChI=1S/C19H27NO2/c1-20-10-9-19-8-4-3-5-16(19)18(20)11-14-6-7-15(12-17(14)19)22-13-21-2/h6-7,12,16,18H,3-5,8-11,13H2,1-2H3/t16-,18+,19+/m0/s1. The first-order valence-corrected chi connectivity index (χ1v) is 8.70. The molecule has 3 atom stereocenters. The number of hydrogen-bond donors (Lipinski definition) is 0. The van der Waals surface area contributed by atoms with Crippen LogP contribution in [0.1, 0.15) is 43.2 Å². The number of piperidine rings is 1. The van der Waals surface area contributed by atoms with Crippen molar-refractivity contribution in [2.24, 2.45) is 5.92 Å². The number of benzene rings is 1. The molecule has 2 fully saturated rings. The van der Waals surface area contributed by atoms with Gasteiger partial charge in [0.2, 0.25) is 0 Å². The maximum absolute atomic E-state index is 5.72. The minimum Gasteiger partial charge on any atom is -0.468 e. The molecule has 2 aliphatic carbocycles. The molecule has 1 aromatic rings. The molecule has 0 radical (unpaired) electrons. The number of nitrogens with zero attached hydrogens (tertiary/aromatic N) is 1. The van der Waals surface area contributed by atoms with E-state index in [1.807, 2.05) is 0 Å². The third kappa shape index (κ3) is 2.10. The molecule has 0 aromatic heterocycles. The molecule has 22 heavy (non-hydrogen) atoms. The van der Waals surface area contributed by atoms with E-state index in [9.17, 15) is 0 Å². The largest absolute Gasteiger partial charge is 0.468 e. The molecule has 1 heterocycles. The first-order valence-electron chi connectivity index (χ1n) is 8.70. The number of methoxy groups -OCH3 is 1. The van der Waals surface area contributed by atoms with Crippen molar-refractivity contribution in [1.82, 2.24) is 4.90 Å². The van der Waals surface area contributed by atoms with Crippen LogP contribution in [-0.4, -0.2) is 38.4 Å². The van der Waals surface area contributed by atoms with Gasteiger partial charge in [0.1, 0.15) is 5.75 Å². The van der Waals surface area contributed by atoms with Crippen molar-refractivity contribution < 1.29 is 9.47 Å². The lowest BCUT2D eigenvalue weighted by Crippen LogP contribution is -2.59. The lowest BCUT2D eigenvalue weighted by atomic mass is 9.52. The van der Waals surface area contributed by atoms with Crippen LogP contribution in [0.15, 0.2) is 18.2 Å². The minimum atomic E-state index is 0.334. The Hall–Kier alpha value is -1.06. The zero-order valence-corrected chi connectivity index (χ0v) is 13.8. The summed E-state index contributed by atoms with van der Waals surface area (Å²) in [4.78, 5) is 2.62. The van der Waals surface area contributed by atoms with Crippen molar-refractivity contribution in [1.29, 1.82) is 0 Å². The monoisotopic (exact) mass is 301 g/mol. The molecule has 4 rings (SSSR count). The van der Waals surface area contributed by atoms with Gasteiger partial charge in [-0.1, -0.05) is 18.9 Å². The van der Waals surface area contributed by atoms with Crippen molar-refractivity contribution >= 4 is 0 Å². The molecule has 3 nitrogen and oxygen atoms in total. The Morgan fingerprint density at radius 2 is 2.18 bits per heavy atom. The molecule has 1 aromatic carbocycles. The molecule has 0 amide bonds. The topological polar surface area (TPSA) is 21.7 Å². The van der Waals surface area contributed by atoms with E-state index < -0.39 is 0 Å². The van der Waals surface area contributed by atoms with Gasteiger partial charge in [-0.2, -0.15) is 0 Å². The summed E-state index contributed by atoms with van der Waals surface area (Å²) < 4.78 is 10.8. The van der Waals surface area contributed by atoms with Crippen LogP contribution in [0.3, 0.4) is 0 Å². The lowest BCUT2D eigenvalue weighted by Gasteiger charge is -2.58. The summed E-state index contributed by atoms with van der Waals surface area (Å²) in [6, 6.07) is 7.49. The summed E-state index contributed by atoms with van der Waals surface area (Å²) >= 11 is 0. The van der Waals surface area contributed by atoms with E-state index in [0.717, 1.165) is 17.7 Å². The third-order valence-corrected chi connectivity index (χ3v) is 6.43. The molecule has 0 spiro atoms. The van der Waals surface area contributed by atoms with Crippen LogP contribution in [0.4, 0.5) is 0 Å². The summed E-state index contributed by atoms with van der Waals surface area (Å²) in [6.07, 6.45) is 8.08. The van der Waals surface area contributed by atoms with Gasteiger partial charge in [0.05, 0.1) is 0 Å². The van der Waals surface area contributed by atoms with Crippen LogP contribution in [0, 0.1) is 5.92 Å². The van der Waals surface area contributed by atoms with Crippen LogP contribution in [-0.2, 0) is 16.6 Å². The van der Waals surface area contributed by atoms with Gasteiger partial charge in [0, 0.05) is 18.6 Å². The highest BCUT2D eigenvalue weighted by molar-refractivity contribution is 5.45. The summed E-state index contributed by atoms with van der Waals surface area (Å²) in [5.74, 6) is 1.81. The highest BCUT2D eigenvalue weighted by Crippen LogP contribution is 2.55. The first kappa shape index (κ1) is 14.5. The highest BCUT2D eigenvalue weighted by atomic mass is 16.7. The number of likely N-dealkylation sites (N-methyl/N-ethyl adjacent to an activating group) is 1.